The molecular weight excluding hydrogens is 284 g/mol. The predicted octanol–water partition coefficient (Wildman–Crippen LogP) is 2.02. The van der Waals surface area contributed by atoms with Gasteiger partial charge in [-0.1, -0.05) is 18.5 Å². The molecule has 106 valence electrons. The summed E-state index contributed by atoms with van der Waals surface area (Å²) in [5, 5.41) is 3.68. The molecule has 2 rings (SSSR count). The molecule has 0 unspecified atom stereocenters. The number of halogens is 1. The second-order valence-corrected chi connectivity index (χ2v) is 7.13. The highest BCUT2D eigenvalue weighted by atomic mass is 35.5. The van der Waals surface area contributed by atoms with Crippen molar-refractivity contribution in [3.8, 4) is 0 Å². The van der Waals surface area contributed by atoms with Gasteiger partial charge >= 0.3 is 0 Å². The van der Waals surface area contributed by atoms with E-state index >= 15 is 0 Å². The van der Waals surface area contributed by atoms with E-state index < -0.39 is 10.0 Å². The molecule has 1 fully saturated rings. The van der Waals surface area contributed by atoms with Gasteiger partial charge in [-0.15, -0.1) is 0 Å². The van der Waals surface area contributed by atoms with E-state index in [4.69, 9.17) is 11.6 Å². The van der Waals surface area contributed by atoms with Crippen molar-refractivity contribution in [3.63, 3.8) is 0 Å². The molecular formula is C13H19ClN2O2S. The van der Waals surface area contributed by atoms with Gasteiger partial charge in [0, 0.05) is 24.7 Å². The van der Waals surface area contributed by atoms with Crippen molar-refractivity contribution in [1.29, 1.82) is 0 Å². The van der Waals surface area contributed by atoms with Crippen LogP contribution in [0.15, 0.2) is 23.1 Å². The predicted molar refractivity (Wildman–Crippen MR) is 77.0 cm³/mol. The van der Waals surface area contributed by atoms with Crippen LogP contribution in [-0.2, 0) is 10.0 Å². The van der Waals surface area contributed by atoms with Gasteiger partial charge in [-0.05, 0) is 37.1 Å². The van der Waals surface area contributed by atoms with Gasteiger partial charge in [0.2, 0.25) is 10.0 Å². The van der Waals surface area contributed by atoms with Crippen molar-refractivity contribution < 1.29 is 8.42 Å². The van der Waals surface area contributed by atoms with Gasteiger partial charge < -0.3 is 5.32 Å². The molecule has 1 aliphatic rings. The van der Waals surface area contributed by atoms with Gasteiger partial charge in [-0.3, -0.25) is 0 Å². The molecule has 1 aliphatic heterocycles. The Balaban J connectivity index is 2.38. The molecule has 1 aromatic rings. The largest absolute Gasteiger partial charge is 0.313 e. The van der Waals surface area contributed by atoms with E-state index in [0.29, 0.717) is 22.0 Å². The zero-order valence-corrected chi connectivity index (χ0v) is 12.8. The first-order valence-corrected chi connectivity index (χ1v) is 8.27. The van der Waals surface area contributed by atoms with Crippen molar-refractivity contribution >= 4 is 21.6 Å². The number of sulfonamides is 1. The zero-order valence-electron chi connectivity index (χ0n) is 11.2. The standard InChI is InChI=1S/C13H19ClN2O2S/c1-3-6-16(12-8-15-9-12)19(17,18)13-5-4-11(14)7-10(13)2/h4-5,7,12,15H,3,6,8-9H2,1-2H3. The number of hydrogen-bond donors (Lipinski definition) is 1. The fourth-order valence-electron chi connectivity index (χ4n) is 2.23. The Labute approximate surface area is 119 Å². The molecule has 0 spiro atoms. The van der Waals surface area contributed by atoms with Gasteiger partial charge in [0.1, 0.15) is 0 Å². The van der Waals surface area contributed by atoms with Crippen LogP contribution < -0.4 is 5.32 Å². The van der Waals surface area contributed by atoms with Crippen molar-refractivity contribution in [3.05, 3.63) is 28.8 Å². The summed E-state index contributed by atoms with van der Waals surface area (Å²) >= 11 is 5.89. The average molecular weight is 303 g/mol. The van der Waals surface area contributed by atoms with Crippen molar-refractivity contribution in [2.24, 2.45) is 0 Å². The van der Waals surface area contributed by atoms with E-state index in [0.717, 1.165) is 19.5 Å². The van der Waals surface area contributed by atoms with Crippen molar-refractivity contribution in [2.75, 3.05) is 19.6 Å². The maximum atomic E-state index is 12.7. The lowest BCUT2D eigenvalue weighted by atomic mass is 10.2. The lowest BCUT2D eigenvalue weighted by Gasteiger charge is -2.37. The van der Waals surface area contributed by atoms with Crippen LogP contribution in [0.2, 0.25) is 5.02 Å². The Kier molecular flexibility index (Phi) is 4.50. The molecule has 0 radical (unpaired) electrons. The molecule has 0 aliphatic carbocycles. The summed E-state index contributed by atoms with van der Waals surface area (Å²) in [6.07, 6.45) is 0.808. The summed E-state index contributed by atoms with van der Waals surface area (Å²) in [6, 6.07) is 4.99. The van der Waals surface area contributed by atoms with E-state index in [-0.39, 0.29) is 6.04 Å². The summed E-state index contributed by atoms with van der Waals surface area (Å²) < 4.78 is 27.1. The fraction of sp³-hybridized carbons (Fsp3) is 0.538. The molecule has 1 saturated heterocycles. The molecule has 1 heterocycles. The number of aryl methyl sites for hydroxylation is 1. The highest BCUT2D eigenvalue weighted by Crippen LogP contribution is 2.25. The number of nitrogens with zero attached hydrogens (tertiary/aromatic N) is 1. The Morgan fingerprint density at radius 3 is 2.58 bits per heavy atom. The molecule has 0 bridgehead atoms. The van der Waals surface area contributed by atoms with E-state index in [1.807, 2.05) is 6.92 Å². The summed E-state index contributed by atoms with van der Waals surface area (Å²) in [5.74, 6) is 0. The number of hydrogen-bond acceptors (Lipinski definition) is 3. The highest BCUT2D eigenvalue weighted by molar-refractivity contribution is 7.89. The maximum Gasteiger partial charge on any atom is 0.243 e. The first-order chi connectivity index (χ1) is 8.96. The maximum absolute atomic E-state index is 12.7. The SMILES string of the molecule is CCCN(C1CNC1)S(=O)(=O)c1ccc(Cl)cc1C. The summed E-state index contributed by atoms with van der Waals surface area (Å²) in [6.45, 7) is 5.78. The highest BCUT2D eigenvalue weighted by Gasteiger charge is 2.34. The Bertz CT molecular complexity index is 556. The first-order valence-electron chi connectivity index (χ1n) is 6.45. The van der Waals surface area contributed by atoms with E-state index in [1.165, 1.54) is 0 Å². The van der Waals surface area contributed by atoms with Crippen LogP contribution in [0, 0.1) is 6.92 Å². The second-order valence-electron chi connectivity index (χ2n) is 4.84. The Hall–Kier alpha value is -0.620. The second kappa shape index (κ2) is 5.79. The zero-order chi connectivity index (χ0) is 14.0. The summed E-state index contributed by atoms with van der Waals surface area (Å²) in [4.78, 5) is 0.359. The number of benzene rings is 1. The summed E-state index contributed by atoms with van der Waals surface area (Å²) in [5.41, 5.74) is 0.695. The lowest BCUT2D eigenvalue weighted by molar-refractivity contribution is 0.242. The molecule has 0 atom stereocenters. The molecule has 0 amide bonds. The van der Waals surface area contributed by atoms with Crippen LogP contribution in [0.4, 0.5) is 0 Å². The molecule has 0 aromatic heterocycles. The minimum absolute atomic E-state index is 0.0695. The van der Waals surface area contributed by atoms with Crippen LogP contribution in [0.5, 0.6) is 0 Å². The van der Waals surface area contributed by atoms with E-state index in [2.05, 4.69) is 5.32 Å². The lowest BCUT2D eigenvalue weighted by Crippen LogP contribution is -2.58. The van der Waals surface area contributed by atoms with Crippen LogP contribution in [0.1, 0.15) is 18.9 Å². The first kappa shape index (κ1) is 14.8. The third kappa shape index (κ3) is 2.94. The Morgan fingerprint density at radius 2 is 2.11 bits per heavy atom. The molecule has 6 heteroatoms. The molecule has 19 heavy (non-hydrogen) atoms. The van der Waals surface area contributed by atoms with Crippen LogP contribution in [0.25, 0.3) is 0 Å². The monoisotopic (exact) mass is 302 g/mol. The van der Waals surface area contributed by atoms with Gasteiger partial charge in [0.15, 0.2) is 0 Å². The third-order valence-electron chi connectivity index (χ3n) is 3.33. The molecule has 1 N–H and O–H groups in total. The topological polar surface area (TPSA) is 49.4 Å². The molecule has 0 saturated carbocycles. The minimum atomic E-state index is -3.44. The average Bonchev–Trinajstić information content (AvgIpc) is 2.25. The number of rotatable bonds is 5. The van der Waals surface area contributed by atoms with Gasteiger partial charge in [0.25, 0.3) is 0 Å². The normalized spacial score (nSPS) is 16.6. The van der Waals surface area contributed by atoms with Crippen LogP contribution in [0.3, 0.4) is 0 Å². The Morgan fingerprint density at radius 1 is 1.42 bits per heavy atom. The fourth-order valence-corrected chi connectivity index (χ4v) is 4.37. The van der Waals surface area contributed by atoms with Crippen LogP contribution in [-0.4, -0.2) is 38.4 Å². The van der Waals surface area contributed by atoms with Gasteiger partial charge in [-0.2, -0.15) is 4.31 Å². The molecule has 1 aromatic carbocycles. The van der Waals surface area contributed by atoms with Crippen molar-refractivity contribution in [1.82, 2.24) is 9.62 Å². The minimum Gasteiger partial charge on any atom is -0.313 e. The smallest absolute Gasteiger partial charge is 0.243 e. The van der Waals surface area contributed by atoms with Gasteiger partial charge in [0.05, 0.1) is 10.9 Å². The van der Waals surface area contributed by atoms with E-state index in [1.54, 1.807) is 29.4 Å². The molecule has 4 nitrogen and oxygen atoms in total. The number of nitrogens with one attached hydrogen (secondary N) is 1. The van der Waals surface area contributed by atoms with Crippen molar-refractivity contribution in [2.45, 2.75) is 31.2 Å². The quantitative estimate of drug-likeness (QED) is 0.905. The van der Waals surface area contributed by atoms with Gasteiger partial charge in [-0.25, -0.2) is 8.42 Å². The third-order valence-corrected chi connectivity index (χ3v) is 5.68. The van der Waals surface area contributed by atoms with E-state index in [9.17, 15) is 8.42 Å². The van der Waals surface area contributed by atoms with Crippen LogP contribution >= 0.6 is 11.6 Å². The summed E-state index contributed by atoms with van der Waals surface area (Å²) in [7, 11) is -3.44.